The van der Waals surface area contributed by atoms with E-state index < -0.39 is 0 Å². The second-order valence-corrected chi connectivity index (χ2v) is 8.81. The van der Waals surface area contributed by atoms with Gasteiger partial charge in [-0.05, 0) is 43.0 Å². The van der Waals surface area contributed by atoms with Crippen LogP contribution in [0.25, 0.3) is 0 Å². The van der Waals surface area contributed by atoms with E-state index in [9.17, 15) is 0 Å². The summed E-state index contributed by atoms with van der Waals surface area (Å²) in [6.07, 6.45) is 2.15. The molecule has 156 valence electrons. The topological polar surface area (TPSA) is 42.8 Å². The minimum Gasteiger partial charge on any atom is -0.486 e. The molecule has 0 spiro atoms. The maximum absolute atomic E-state index is 6.50. The number of fused-ring (bicyclic) bond motifs is 2. The molecule has 0 aliphatic carbocycles. The number of benzene rings is 1. The van der Waals surface area contributed by atoms with Gasteiger partial charge < -0.3 is 9.47 Å². The Balaban J connectivity index is 1.18. The predicted octanol–water partition coefficient (Wildman–Crippen LogP) is 3.11. The average Bonchev–Trinajstić information content (AvgIpc) is 3.00. The Labute approximate surface area is 177 Å². The van der Waals surface area contributed by atoms with Gasteiger partial charge in [-0.25, -0.2) is 0 Å². The van der Waals surface area contributed by atoms with Gasteiger partial charge in [-0.2, -0.15) is 5.10 Å². The predicted molar refractivity (Wildman–Crippen MR) is 113 cm³/mol. The Morgan fingerprint density at radius 3 is 2.76 bits per heavy atom. The van der Waals surface area contributed by atoms with E-state index in [0.29, 0.717) is 19.3 Å². The summed E-state index contributed by atoms with van der Waals surface area (Å²) < 4.78 is 13.2. The molecule has 4 heterocycles. The smallest absolute Gasteiger partial charge is 0.161 e. The molecule has 1 aromatic carbocycles. The monoisotopic (exact) mass is 416 g/mol. The number of nitrogens with zero attached hydrogens (tertiary/aromatic N) is 4. The number of ether oxygens (including phenoxy) is 2. The number of aryl methyl sites for hydroxylation is 2. The highest BCUT2D eigenvalue weighted by Crippen LogP contribution is 2.36. The zero-order valence-corrected chi connectivity index (χ0v) is 18.0. The normalized spacial score (nSPS) is 24.2. The molecule has 5 rings (SSSR count). The molecule has 0 amide bonds. The number of rotatable bonds is 5. The molecule has 2 saturated heterocycles. The third-order valence-corrected chi connectivity index (χ3v) is 7.05. The van der Waals surface area contributed by atoms with Crippen molar-refractivity contribution in [2.75, 3.05) is 32.8 Å². The summed E-state index contributed by atoms with van der Waals surface area (Å²) >= 11 is 6.50. The van der Waals surface area contributed by atoms with Crippen molar-refractivity contribution >= 4 is 11.6 Å². The zero-order chi connectivity index (χ0) is 20.0. The van der Waals surface area contributed by atoms with E-state index in [0.717, 1.165) is 67.4 Å². The van der Waals surface area contributed by atoms with Gasteiger partial charge in [0.1, 0.15) is 18.4 Å². The lowest BCUT2D eigenvalue weighted by atomic mass is 9.82. The van der Waals surface area contributed by atoms with Crippen molar-refractivity contribution in [3.63, 3.8) is 0 Å². The highest BCUT2D eigenvalue weighted by molar-refractivity contribution is 6.30. The summed E-state index contributed by atoms with van der Waals surface area (Å²) in [5.41, 5.74) is 3.66. The first-order valence-electron chi connectivity index (χ1n) is 10.7. The van der Waals surface area contributed by atoms with Crippen LogP contribution in [0.4, 0.5) is 0 Å². The lowest BCUT2D eigenvalue weighted by molar-refractivity contribution is -0.0507. The molecule has 2 aromatic rings. The first kappa shape index (κ1) is 19.2. The first-order chi connectivity index (χ1) is 14.1. The lowest BCUT2D eigenvalue weighted by Gasteiger charge is -2.53. The molecule has 29 heavy (non-hydrogen) atoms. The highest BCUT2D eigenvalue weighted by Gasteiger charge is 2.42. The zero-order valence-electron chi connectivity index (χ0n) is 17.2. The number of halogens is 1. The standard InChI is InChI=1S/C22H29ClN4O2/c1-3-18-17(22(23)25(2)24-18)14-27-13-16-12-26(7-6-19(16)27)11-15-4-5-20-21(10-15)29-9-8-28-20/h4-5,10,16,19H,3,6-9,11-14H2,1-2H3/t16-,19-/m0/s1. The summed E-state index contributed by atoms with van der Waals surface area (Å²) in [7, 11) is 1.93. The molecule has 1 aromatic heterocycles. The Hall–Kier alpha value is -1.76. The maximum Gasteiger partial charge on any atom is 0.161 e. The number of hydrogen-bond donors (Lipinski definition) is 0. The van der Waals surface area contributed by atoms with Gasteiger partial charge in [0.2, 0.25) is 0 Å². The summed E-state index contributed by atoms with van der Waals surface area (Å²) in [4.78, 5) is 5.17. The van der Waals surface area contributed by atoms with Crippen molar-refractivity contribution in [3.05, 3.63) is 40.2 Å². The Kier molecular flexibility index (Phi) is 5.18. The van der Waals surface area contributed by atoms with Crippen LogP contribution in [0.3, 0.4) is 0 Å². The van der Waals surface area contributed by atoms with E-state index in [4.69, 9.17) is 21.1 Å². The molecule has 0 saturated carbocycles. The van der Waals surface area contributed by atoms with Crippen LogP contribution in [0.15, 0.2) is 18.2 Å². The van der Waals surface area contributed by atoms with Crippen LogP contribution in [0.1, 0.15) is 30.2 Å². The van der Waals surface area contributed by atoms with Crippen molar-refractivity contribution in [1.29, 1.82) is 0 Å². The van der Waals surface area contributed by atoms with E-state index in [-0.39, 0.29) is 0 Å². The summed E-state index contributed by atoms with van der Waals surface area (Å²) in [5.74, 6) is 2.51. The summed E-state index contributed by atoms with van der Waals surface area (Å²) in [6.45, 7) is 8.79. The SMILES string of the molecule is CCc1nn(C)c(Cl)c1CN1C[C@@H]2CN(Cc3ccc4c(c3)OCCO4)CC[C@@H]21. The fourth-order valence-corrected chi connectivity index (χ4v) is 5.27. The lowest BCUT2D eigenvalue weighted by Crippen LogP contribution is -2.62. The molecule has 3 aliphatic rings. The Morgan fingerprint density at radius 2 is 1.97 bits per heavy atom. The minimum absolute atomic E-state index is 0.639. The molecular weight excluding hydrogens is 388 g/mol. The third kappa shape index (κ3) is 3.62. The third-order valence-electron chi connectivity index (χ3n) is 6.58. The van der Waals surface area contributed by atoms with Gasteiger partial charge in [-0.15, -0.1) is 0 Å². The van der Waals surface area contributed by atoms with Gasteiger partial charge in [-0.3, -0.25) is 14.5 Å². The molecule has 7 heteroatoms. The van der Waals surface area contributed by atoms with Crippen LogP contribution in [0, 0.1) is 5.92 Å². The van der Waals surface area contributed by atoms with Gasteiger partial charge in [-0.1, -0.05) is 24.6 Å². The van der Waals surface area contributed by atoms with E-state index in [2.05, 4.69) is 34.0 Å². The molecule has 0 bridgehead atoms. The molecule has 0 radical (unpaired) electrons. The van der Waals surface area contributed by atoms with Gasteiger partial charge >= 0.3 is 0 Å². The van der Waals surface area contributed by atoms with Crippen LogP contribution >= 0.6 is 11.6 Å². The van der Waals surface area contributed by atoms with E-state index >= 15 is 0 Å². The average molecular weight is 417 g/mol. The van der Waals surface area contributed by atoms with Crippen LogP contribution in [0.2, 0.25) is 5.15 Å². The quantitative estimate of drug-likeness (QED) is 0.749. The van der Waals surface area contributed by atoms with Crippen molar-refractivity contribution < 1.29 is 9.47 Å². The molecular formula is C22H29ClN4O2. The van der Waals surface area contributed by atoms with E-state index in [1.54, 1.807) is 0 Å². The summed E-state index contributed by atoms with van der Waals surface area (Å²) in [6, 6.07) is 7.03. The number of likely N-dealkylation sites (tertiary alicyclic amines) is 2. The van der Waals surface area contributed by atoms with Gasteiger partial charge in [0.25, 0.3) is 0 Å². The maximum atomic E-state index is 6.50. The first-order valence-corrected chi connectivity index (χ1v) is 11.1. The summed E-state index contributed by atoms with van der Waals surface area (Å²) in [5, 5.41) is 5.36. The fraction of sp³-hybridized carbons (Fsp3) is 0.591. The van der Waals surface area contributed by atoms with E-state index in [1.807, 2.05) is 17.8 Å². The molecule has 2 atom stereocenters. The second-order valence-electron chi connectivity index (χ2n) is 8.45. The fourth-order valence-electron chi connectivity index (χ4n) is 5.07. The molecule has 0 N–H and O–H groups in total. The highest BCUT2D eigenvalue weighted by atomic mass is 35.5. The largest absolute Gasteiger partial charge is 0.486 e. The van der Waals surface area contributed by atoms with Crippen molar-refractivity contribution in [2.24, 2.45) is 13.0 Å². The number of aromatic nitrogens is 2. The van der Waals surface area contributed by atoms with Gasteiger partial charge in [0, 0.05) is 44.8 Å². The van der Waals surface area contributed by atoms with Crippen molar-refractivity contribution in [2.45, 2.75) is 38.9 Å². The van der Waals surface area contributed by atoms with Crippen molar-refractivity contribution in [3.8, 4) is 11.5 Å². The minimum atomic E-state index is 0.639. The van der Waals surface area contributed by atoms with Crippen LogP contribution in [0.5, 0.6) is 11.5 Å². The molecule has 3 aliphatic heterocycles. The van der Waals surface area contributed by atoms with Crippen LogP contribution < -0.4 is 9.47 Å². The molecule has 2 fully saturated rings. The van der Waals surface area contributed by atoms with Crippen molar-refractivity contribution in [1.82, 2.24) is 19.6 Å². The van der Waals surface area contributed by atoms with Gasteiger partial charge in [0.15, 0.2) is 11.5 Å². The Bertz CT molecular complexity index is 899. The Morgan fingerprint density at radius 1 is 1.14 bits per heavy atom. The number of hydrogen-bond acceptors (Lipinski definition) is 5. The van der Waals surface area contributed by atoms with Crippen LogP contribution in [-0.2, 0) is 26.6 Å². The molecule has 6 nitrogen and oxygen atoms in total. The second kappa shape index (κ2) is 7.82. The van der Waals surface area contributed by atoms with E-state index in [1.165, 1.54) is 17.5 Å². The number of piperidine rings is 1. The van der Waals surface area contributed by atoms with Crippen LogP contribution in [-0.4, -0.2) is 58.5 Å². The van der Waals surface area contributed by atoms with Gasteiger partial charge in [0.05, 0.1) is 5.69 Å². The molecule has 0 unspecified atom stereocenters.